The van der Waals surface area contributed by atoms with E-state index >= 15 is 0 Å². The van der Waals surface area contributed by atoms with E-state index in [1.165, 1.54) is 31.4 Å². The van der Waals surface area contributed by atoms with Crippen LogP contribution in [0.25, 0.3) is 0 Å². The highest BCUT2D eigenvalue weighted by Crippen LogP contribution is 2.26. The fraction of sp³-hybridized carbons (Fsp3) is 0.786. The molecule has 0 spiro atoms. The highest BCUT2D eigenvalue weighted by molar-refractivity contribution is 5.19. The van der Waals surface area contributed by atoms with E-state index in [1.807, 2.05) is 6.33 Å². The molecule has 18 heavy (non-hydrogen) atoms. The molecule has 0 saturated heterocycles. The Morgan fingerprint density at radius 3 is 3.06 bits per heavy atom. The number of hydrogen-bond acceptors (Lipinski definition) is 3. The van der Waals surface area contributed by atoms with Crippen LogP contribution in [0.5, 0.6) is 0 Å². The Morgan fingerprint density at radius 1 is 1.44 bits per heavy atom. The van der Waals surface area contributed by atoms with Gasteiger partial charge in [0.1, 0.15) is 6.10 Å². The number of imidazole rings is 1. The van der Waals surface area contributed by atoms with Crippen molar-refractivity contribution < 1.29 is 4.74 Å². The zero-order valence-electron chi connectivity index (χ0n) is 11.2. The summed E-state index contributed by atoms with van der Waals surface area (Å²) in [6.45, 7) is 4.92. The summed E-state index contributed by atoms with van der Waals surface area (Å²) in [4.78, 5) is 4.55. The first-order valence-corrected chi connectivity index (χ1v) is 7.27. The number of rotatable bonds is 4. The van der Waals surface area contributed by atoms with Crippen molar-refractivity contribution in [2.45, 2.75) is 57.7 Å². The van der Waals surface area contributed by atoms with Crippen LogP contribution in [0.4, 0.5) is 0 Å². The molecule has 2 aliphatic rings. The maximum absolute atomic E-state index is 5.88. The number of nitrogens with one attached hydrogen (secondary N) is 1. The summed E-state index contributed by atoms with van der Waals surface area (Å²) in [5, 5.41) is 3.65. The molecule has 1 aromatic rings. The molecule has 1 N–H and O–H groups in total. The third-order valence-electron chi connectivity index (χ3n) is 4.23. The van der Waals surface area contributed by atoms with Gasteiger partial charge in [-0.05, 0) is 19.8 Å². The van der Waals surface area contributed by atoms with E-state index in [2.05, 4.69) is 21.8 Å². The lowest BCUT2D eigenvalue weighted by Crippen LogP contribution is -2.33. The second-order valence-electron chi connectivity index (χ2n) is 5.36. The van der Waals surface area contributed by atoms with Gasteiger partial charge in [0.25, 0.3) is 0 Å². The summed E-state index contributed by atoms with van der Waals surface area (Å²) in [6, 6.07) is 0.701. The van der Waals surface area contributed by atoms with Crippen molar-refractivity contribution in [1.29, 1.82) is 0 Å². The predicted octanol–water partition coefficient (Wildman–Crippen LogP) is 2.05. The van der Waals surface area contributed by atoms with Gasteiger partial charge in [-0.25, -0.2) is 4.98 Å². The lowest BCUT2D eigenvalue weighted by atomic mass is 10.1. The highest BCUT2D eigenvalue weighted by atomic mass is 16.5. The molecule has 100 valence electrons. The maximum atomic E-state index is 5.88. The minimum Gasteiger partial charge on any atom is -0.370 e. The molecular weight excluding hydrogens is 226 g/mol. The molecule has 0 radical (unpaired) electrons. The van der Waals surface area contributed by atoms with E-state index in [0.717, 1.165) is 31.8 Å². The van der Waals surface area contributed by atoms with Crippen LogP contribution in [0.15, 0.2) is 6.33 Å². The van der Waals surface area contributed by atoms with Crippen LogP contribution in [0.3, 0.4) is 0 Å². The molecule has 1 saturated carbocycles. The molecular formula is C14H23N3O. The first kappa shape index (κ1) is 12.2. The zero-order valence-corrected chi connectivity index (χ0v) is 11.2. The highest BCUT2D eigenvalue weighted by Gasteiger charge is 2.26. The van der Waals surface area contributed by atoms with Crippen molar-refractivity contribution in [3.63, 3.8) is 0 Å². The zero-order chi connectivity index (χ0) is 12.4. The average molecular weight is 249 g/mol. The van der Waals surface area contributed by atoms with Gasteiger partial charge in [-0.1, -0.05) is 12.8 Å². The average Bonchev–Trinajstić information content (AvgIpc) is 3.05. The van der Waals surface area contributed by atoms with Crippen LogP contribution in [0.1, 0.15) is 50.1 Å². The lowest BCUT2D eigenvalue weighted by Gasteiger charge is -2.25. The topological polar surface area (TPSA) is 39.1 Å². The fourth-order valence-electron chi connectivity index (χ4n) is 3.17. The SMILES string of the molecule is CCn1cnc2c1CCOC2CNC1CCCC1. The second-order valence-corrected chi connectivity index (χ2v) is 5.36. The van der Waals surface area contributed by atoms with E-state index in [1.54, 1.807) is 0 Å². The first-order valence-electron chi connectivity index (χ1n) is 7.27. The van der Waals surface area contributed by atoms with Gasteiger partial charge in [0, 0.05) is 31.2 Å². The van der Waals surface area contributed by atoms with Gasteiger partial charge >= 0.3 is 0 Å². The third-order valence-corrected chi connectivity index (χ3v) is 4.23. The van der Waals surface area contributed by atoms with Gasteiger partial charge in [0.2, 0.25) is 0 Å². The molecule has 1 aliphatic carbocycles. The summed E-state index contributed by atoms with van der Waals surface area (Å²) < 4.78 is 8.13. The summed E-state index contributed by atoms with van der Waals surface area (Å²) in [5.74, 6) is 0. The van der Waals surface area contributed by atoms with E-state index in [4.69, 9.17) is 4.74 Å². The quantitative estimate of drug-likeness (QED) is 0.887. The minimum absolute atomic E-state index is 0.155. The summed E-state index contributed by atoms with van der Waals surface area (Å²) in [7, 11) is 0. The monoisotopic (exact) mass is 249 g/mol. The van der Waals surface area contributed by atoms with Gasteiger partial charge < -0.3 is 14.6 Å². The first-order chi connectivity index (χ1) is 8.88. The third kappa shape index (κ3) is 2.31. The Kier molecular flexibility index (Phi) is 3.66. The maximum Gasteiger partial charge on any atom is 0.114 e. The van der Waals surface area contributed by atoms with Crippen LogP contribution >= 0.6 is 0 Å². The van der Waals surface area contributed by atoms with Crippen molar-refractivity contribution in [1.82, 2.24) is 14.9 Å². The Labute approximate surface area is 109 Å². The van der Waals surface area contributed by atoms with E-state index < -0.39 is 0 Å². The number of fused-ring (bicyclic) bond motifs is 1. The largest absolute Gasteiger partial charge is 0.370 e. The molecule has 0 amide bonds. The Hall–Kier alpha value is -0.870. The van der Waals surface area contributed by atoms with Gasteiger partial charge in [0.15, 0.2) is 0 Å². The van der Waals surface area contributed by atoms with Crippen molar-refractivity contribution in [2.24, 2.45) is 0 Å². The molecule has 3 rings (SSSR count). The molecule has 2 heterocycles. The van der Waals surface area contributed by atoms with Crippen molar-refractivity contribution in [2.75, 3.05) is 13.2 Å². The predicted molar refractivity (Wildman–Crippen MR) is 70.6 cm³/mol. The molecule has 1 atom stereocenters. The minimum atomic E-state index is 0.155. The van der Waals surface area contributed by atoms with Gasteiger partial charge in [-0.15, -0.1) is 0 Å². The van der Waals surface area contributed by atoms with Crippen LogP contribution in [-0.4, -0.2) is 28.7 Å². The second kappa shape index (κ2) is 5.41. The molecule has 0 aromatic carbocycles. The Balaban J connectivity index is 1.65. The van der Waals surface area contributed by atoms with Crippen LogP contribution in [0.2, 0.25) is 0 Å². The number of aromatic nitrogens is 2. The van der Waals surface area contributed by atoms with E-state index in [0.29, 0.717) is 6.04 Å². The van der Waals surface area contributed by atoms with Crippen molar-refractivity contribution >= 4 is 0 Å². The number of hydrogen-bond donors (Lipinski definition) is 1. The van der Waals surface area contributed by atoms with Crippen LogP contribution in [0, 0.1) is 0 Å². The smallest absolute Gasteiger partial charge is 0.114 e. The molecule has 0 bridgehead atoms. The van der Waals surface area contributed by atoms with E-state index in [9.17, 15) is 0 Å². The Morgan fingerprint density at radius 2 is 2.28 bits per heavy atom. The normalized spacial score (nSPS) is 24.4. The van der Waals surface area contributed by atoms with Crippen LogP contribution < -0.4 is 5.32 Å². The van der Waals surface area contributed by atoms with E-state index in [-0.39, 0.29) is 6.10 Å². The van der Waals surface area contributed by atoms with Gasteiger partial charge in [0.05, 0.1) is 18.6 Å². The molecule has 1 aliphatic heterocycles. The number of aryl methyl sites for hydroxylation is 1. The number of ether oxygens (including phenoxy) is 1. The van der Waals surface area contributed by atoms with Gasteiger partial charge in [-0.2, -0.15) is 0 Å². The summed E-state index contributed by atoms with van der Waals surface area (Å²) in [6.07, 6.45) is 8.51. The fourth-order valence-corrected chi connectivity index (χ4v) is 3.17. The molecule has 1 fully saturated rings. The summed E-state index contributed by atoms with van der Waals surface area (Å²) in [5.41, 5.74) is 2.54. The summed E-state index contributed by atoms with van der Waals surface area (Å²) >= 11 is 0. The molecule has 1 aromatic heterocycles. The molecule has 1 unspecified atom stereocenters. The Bertz CT molecular complexity index is 396. The lowest BCUT2D eigenvalue weighted by molar-refractivity contribution is 0.0367. The molecule has 4 heteroatoms. The van der Waals surface area contributed by atoms with Gasteiger partial charge in [-0.3, -0.25) is 0 Å². The van der Waals surface area contributed by atoms with Crippen LogP contribution in [-0.2, 0) is 17.7 Å². The standard InChI is InChI=1S/C14H23N3O/c1-2-17-10-16-14-12(17)7-8-18-13(14)9-15-11-5-3-4-6-11/h10-11,13,15H,2-9H2,1H3. The molecule has 4 nitrogen and oxygen atoms in total. The van der Waals surface area contributed by atoms with Crippen molar-refractivity contribution in [3.8, 4) is 0 Å². The van der Waals surface area contributed by atoms with Crippen molar-refractivity contribution in [3.05, 3.63) is 17.7 Å². The number of nitrogens with zero attached hydrogens (tertiary/aromatic N) is 2.